The van der Waals surface area contributed by atoms with Gasteiger partial charge in [0, 0.05) is 0 Å². The molecular formula is C18H16N6O4. The highest BCUT2D eigenvalue weighted by Crippen LogP contribution is 2.33. The van der Waals surface area contributed by atoms with Crippen molar-refractivity contribution in [2.24, 2.45) is 5.73 Å². The first-order chi connectivity index (χ1) is 13.5. The number of ether oxygens (including phenoxy) is 1. The largest absolute Gasteiger partial charge is 0.477 e. The molecule has 1 aromatic heterocycles. The summed E-state index contributed by atoms with van der Waals surface area (Å²) in [4.78, 5) is 38.4. The molecule has 3 aromatic rings. The minimum Gasteiger partial charge on any atom is -0.477 e. The molecule has 0 saturated carbocycles. The molecule has 2 heterocycles. The monoisotopic (exact) mass is 380 g/mol. The Morgan fingerprint density at radius 3 is 2.54 bits per heavy atom. The topological polar surface area (TPSA) is 125 Å². The number of carbonyl (C=O) groups excluding carboxylic acids is 2. The van der Waals surface area contributed by atoms with Crippen LogP contribution in [0.5, 0.6) is 5.75 Å². The molecule has 10 heteroatoms. The summed E-state index contributed by atoms with van der Waals surface area (Å²) < 4.78 is 7.61. The van der Waals surface area contributed by atoms with Crippen LogP contribution in [0.2, 0.25) is 0 Å². The quantitative estimate of drug-likeness (QED) is 0.663. The van der Waals surface area contributed by atoms with E-state index in [2.05, 4.69) is 10.4 Å². The van der Waals surface area contributed by atoms with Gasteiger partial charge in [-0.2, -0.15) is 9.36 Å². The van der Waals surface area contributed by atoms with Crippen molar-refractivity contribution in [2.45, 2.75) is 12.6 Å². The van der Waals surface area contributed by atoms with E-state index in [1.807, 2.05) is 6.07 Å². The predicted molar refractivity (Wildman–Crippen MR) is 98.0 cm³/mol. The van der Waals surface area contributed by atoms with Gasteiger partial charge in [0.1, 0.15) is 12.3 Å². The molecule has 1 aliphatic heterocycles. The summed E-state index contributed by atoms with van der Waals surface area (Å²) in [5.41, 5.74) is 5.83. The zero-order chi connectivity index (χ0) is 19.7. The average molecular weight is 380 g/mol. The third-order valence-corrected chi connectivity index (χ3v) is 4.32. The lowest BCUT2D eigenvalue weighted by atomic mass is 10.1. The molecule has 0 aliphatic carbocycles. The molecule has 0 saturated heterocycles. The Morgan fingerprint density at radius 2 is 1.79 bits per heavy atom. The second-order valence-electron chi connectivity index (χ2n) is 6.15. The fraction of sp³-hybridized carbons (Fsp3) is 0.167. The van der Waals surface area contributed by atoms with Gasteiger partial charge in [-0.3, -0.25) is 9.59 Å². The molecule has 1 aliphatic rings. The Morgan fingerprint density at radius 1 is 1.07 bits per heavy atom. The molecule has 142 valence electrons. The zero-order valence-corrected chi connectivity index (χ0v) is 14.6. The molecule has 0 radical (unpaired) electrons. The minimum atomic E-state index is -0.976. The van der Waals surface area contributed by atoms with Crippen molar-refractivity contribution in [1.82, 2.24) is 19.8 Å². The number of para-hydroxylation sites is 3. The SMILES string of the molecule is NC(=O)[C@H]1CN(C(=O)Cn2nnn(-c3ccccc3)c2=O)c2ccccc2O1. The molecule has 28 heavy (non-hydrogen) atoms. The molecule has 10 nitrogen and oxygen atoms in total. The number of primary amides is 1. The maximum absolute atomic E-state index is 12.9. The lowest BCUT2D eigenvalue weighted by Crippen LogP contribution is -2.50. The van der Waals surface area contributed by atoms with E-state index in [1.54, 1.807) is 48.5 Å². The van der Waals surface area contributed by atoms with E-state index in [-0.39, 0.29) is 13.1 Å². The van der Waals surface area contributed by atoms with Crippen LogP contribution in [0.1, 0.15) is 0 Å². The summed E-state index contributed by atoms with van der Waals surface area (Å²) >= 11 is 0. The van der Waals surface area contributed by atoms with Crippen molar-refractivity contribution in [3.63, 3.8) is 0 Å². The number of hydrogen-bond acceptors (Lipinski definition) is 6. The van der Waals surface area contributed by atoms with Gasteiger partial charge in [0.15, 0.2) is 6.10 Å². The molecule has 2 aromatic carbocycles. The maximum atomic E-state index is 12.9. The fourth-order valence-electron chi connectivity index (χ4n) is 2.94. The first-order valence-electron chi connectivity index (χ1n) is 8.48. The lowest BCUT2D eigenvalue weighted by molar-refractivity contribution is -0.125. The standard InChI is InChI=1S/C18H16N6O4/c19-17(26)15-10-22(13-8-4-5-9-14(13)28-15)16(25)11-23-18(27)24(21-20-23)12-6-2-1-3-7-12/h1-9,15H,10-11H2,(H2,19,26)/t15-/m1/s1. The Bertz CT molecular complexity index is 1090. The summed E-state index contributed by atoms with van der Waals surface area (Å²) in [6.45, 7) is -0.391. The minimum absolute atomic E-state index is 0.0489. The number of fused-ring (bicyclic) bond motifs is 1. The second kappa shape index (κ2) is 6.99. The van der Waals surface area contributed by atoms with Crippen LogP contribution in [0.25, 0.3) is 5.69 Å². The highest BCUT2D eigenvalue weighted by Gasteiger charge is 2.33. The average Bonchev–Trinajstić information content (AvgIpc) is 3.07. The molecule has 0 unspecified atom stereocenters. The van der Waals surface area contributed by atoms with Crippen molar-refractivity contribution in [3.05, 3.63) is 65.1 Å². The number of benzene rings is 2. The van der Waals surface area contributed by atoms with Crippen LogP contribution >= 0.6 is 0 Å². The number of amides is 2. The van der Waals surface area contributed by atoms with E-state index >= 15 is 0 Å². The third-order valence-electron chi connectivity index (χ3n) is 4.32. The van der Waals surface area contributed by atoms with Crippen LogP contribution in [-0.4, -0.2) is 44.3 Å². The van der Waals surface area contributed by atoms with E-state index in [4.69, 9.17) is 10.5 Å². The van der Waals surface area contributed by atoms with Gasteiger partial charge in [-0.1, -0.05) is 30.3 Å². The first kappa shape index (κ1) is 17.5. The van der Waals surface area contributed by atoms with Crippen LogP contribution < -0.4 is 21.1 Å². The van der Waals surface area contributed by atoms with E-state index in [0.717, 1.165) is 9.36 Å². The molecule has 2 N–H and O–H groups in total. The molecule has 1 atom stereocenters. The fourth-order valence-corrected chi connectivity index (χ4v) is 2.94. The van der Waals surface area contributed by atoms with Gasteiger partial charge in [0.2, 0.25) is 5.91 Å². The smallest absolute Gasteiger partial charge is 0.368 e. The summed E-state index contributed by atoms with van der Waals surface area (Å²) in [7, 11) is 0. The van der Waals surface area contributed by atoms with Crippen molar-refractivity contribution in [1.29, 1.82) is 0 Å². The number of nitrogens with zero attached hydrogens (tertiary/aromatic N) is 5. The Kier molecular flexibility index (Phi) is 4.36. The maximum Gasteiger partial charge on any atom is 0.368 e. The molecule has 0 fully saturated rings. The van der Waals surface area contributed by atoms with Gasteiger partial charge in [-0.05, 0) is 34.7 Å². The van der Waals surface area contributed by atoms with Crippen molar-refractivity contribution in [3.8, 4) is 11.4 Å². The van der Waals surface area contributed by atoms with E-state index in [0.29, 0.717) is 17.1 Å². The van der Waals surface area contributed by atoms with Crippen LogP contribution in [0.15, 0.2) is 59.4 Å². The summed E-state index contributed by atoms with van der Waals surface area (Å²) in [5.74, 6) is -0.755. The number of tetrazole rings is 1. The van der Waals surface area contributed by atoms with Crippen molar-refractivity contribution >= 4 is 17.5 Å². The highest BCUT2D eigenvalue weighted by atomic mass is 16.5. The highest BCUT2D eigenvalue weighted by molar-refractivity contribution is 5.96. The van der Waals surface area contributed by atoms with Crippen molar-refractivity contribution in [2.75, 3.05) is 11.4 Å². The van der Waals surface area contributed by atoms with Gasteiger partial charge in [0.05, 0.1) is 17.9 Å². The van der Waals surface area contributed by atoms with Crippen LogP contribution in [-0.2, 0) is 16.1 Å². The summed E-state index contributed by atoms with van der Waals surface area (Å²) in [6, 6.07) is 15.5. The van der Waals surface area contributed by atoms with Crippen LogP contribution in [0, 0.1) is 0 Å². The Labute approximate surface area is 158 Å². The Balaban J connectivity index is 1.61. The molecule has 0 spiro atoms. The third kappa shape index (κ3) is 3.11. The summed E-state index contributed by atoms with van der Waals surface area (Å²) in [6.07, 6.45) is -0.976. The number of hydrogen-bond donors (Lipinski definition) is 1. The normalized spacial score (nSPS) is 15.6. The lowest BCUT2D eigenvalue weighted by Gasteiger charge is -2.33. The second-order valence-corrected chi connectivity index (χ2v) is 6.15. The molecule has 2 amide bonds. The van der Waals surface area contributed by atoms with Crippen LogP contribution in [0.3, 0.4) is 0 Å². The number of rotatable bonds is 4. The van der Waals surface area contributed by atoms with Crippen molar-refractivity contribution < 1.29 is 14.3 Å². The van der Waals surface area contributed by atoms with E-state index in [1.165, 1.54) is 4.90 Å². The number of anilines is 1. The Hall–Kier alpha value is -3.95. The molecular weight excluding hydrogens is 364 g/mol. The number of aromatic nitrogens is 4. The number of nitrogens with two attached hydrogens (primary N) is 1. The first-order valence-corrected chi connectivity index (χ1v) is 8.48. The molecule has 0 bridgehead atoms. The van der Waals surface area contributed by atoms with Gasteiger partial charge >= 0.3 is 5.69 Å². The molecule has 4 rings (SSSR count). The van der Waals surface area contributed by atoms with Crippen LogP contribution in [0.4, 0.5) is 5.69 Å². The van der Waals surface area contributed by atoms with Gasteiger partial charge in [-0.25, -0.2) is 4.79 Å². The number of carbonyl (C=O) groups is 2. The van der Waals surface area contributed by atoms with E-state index in [9.17, 15) is 14.4 Å². The van der Waals surface area contributed by atoms with E-state index < -0.39 is 23.6 Å². The predicted octanol–water partition coefficient (Wildman–Crippen LogP) is -0.291. The zero-order valence-electron chi connectivity index (χ0n) is 14.6. The van der Waals surface area contributed by atoms with Gasteiger partial charge in [0.25, 0.3) is 5.91 Å². The summed E-state index contributed by atoms with van der Waals surface area (Å²) in [5, 5.41) is 7.60. The van der Waals surface area contributed by atoms with Gasteiger partial charge in [-0.15, -0.1) is 0 Å². The van der Waals surface area contributed by atoms with Gasteiger partial charge < -0.3 is 15.4 Å².